The number of hydrogen-bond acceptors (Lipinski definition) is 2. The number of nitrogens with one attached hydrogen (secondary N) is 1. The lowest BCUT2D eigenvalue weighted by atomic mass is 9.97. The van der Waals surface area contributed by atoms with Gasteiger partial charge in [-0.1, -0.05) is 0 Å². The average Bonchev–Trinajstić information content (AvgIpc) is 2.43. The average molecular weight is 316 g/mol. The van der Waals surface area contributed by atoms with E-state index >= 15 is 0 Å². The minimum atomic E-state index is -0.457. The molecule has 3 N–H and O–H groups in total. The summed E-state index contributed by atoms with van der Waals surface area (Å²) in [6.07, 6.45) is 0.0684. The summed E-state index contributed by atoms with van der Waals surface area (Å²) < 4.78 is 1.04. The molecular formula is C10H9IN2O2. The fourth-order valence-electron chi connectivity index (χ4n) is 1.70. The van der Waals surface area contributed by atoms with Crippen molar-refractivity contribution in [2.24, 2.45) is 5.73 Å². The van der Waals surface area contributed by atoms with Crippen molar-refractivity contribution in [1.82, 2.24) is 0 Å². The first-order valence-electron chi connectivity index (χ1n) is 4.46. The van der Waals surface area contributed by atoms with E-state index in [1.807, 2.05) is 18.2 Å². The predicted octanol–water partition coefficient (Wildman–Crippen LogP) is 1.20. The normalized spacial score (nSPS) is 18.5. The number of primary amides is 1. The molecule has 0 saturated carbocycles. The molecule has 1 aromatic carbocycles. The van der Waals surface area contributed by atoms with Gasteiger partial charge in [0.05, 0.1) is 5.92 Å². The van der Waals surface area contributed by atoms with Gasteiger partial charge in [-0.05, 0) is 46.4 Å². The molecule has 1 aliphatic rings. The Labute approximate surface area is 100 Å². The van der Waals surface area contributed by atoms with Gasteiger partial charge in [-0.25, -0.2) is 0 Å². The maximum atomic E-state index is 11.6. The van der Waals surface area contributed by atoms with Crippen LogP contribution in [-0.4, -0.2) is 11.8 Å². The SMILES string of the molecule is NC(=O)CC1C(=O)Nc2ccc(I)cc21. The first-order valence-corrected chi connectivity index (χ1v) is 5.54. The van der Waals surface area contributed by atoms with E-state index in [2.05, 4.69) is 27.9 Å². The summed E-state index contributed by atoms with van der Waals surface area (Å²) in [6.45, 7) is 0. The molecule has 1 aromatic rings. The van der Waals surface area contributed by atoms with Crippen LogP contribution in [0.15, 0.2) is 18.2 Å². The third-order valence-electron chi connectivity index (χ3n) is 2.37. The Balaban J connectivity index is 2.39. The number of benzene rings is 1. The van der Waals surface area contributed by atoms with E-state index < -0.39 is 11.8 Å². The van der Waals surface area contributed by atoms with E-state index in [0.29, 0.717) is 0 Å². The van der Waals surface area contributed by atoms with Crippen molar-refractivity contribution in [1.29, 1.82) is 0 Å². The van der Waals surface area contributed by atoms with Crippen LogP contribution in [0.2, 0.25) is 0 Å². The van der Waals surface area contributed by atoms with Crippen molar-refractivity contribution in [2.45, 2.75) is 12.3 Å². The summed E-state index contributed by atoms with van der Waals surface area (Å²) in [7, 11) is 0. The molecule has 2 rings (SSSR count). The van der Waals surface area contributed by atoms with Crippen LogP contribution >= 0.6 is 22.6 Å². The van der Waals surface area contributed by atoms with Gasteiger partial charge in [0.2, 0.25) is 11.8 Å². The highest BCUT2D eigenvalue weighted by Gasteiger charge is 2.31. The second-order valence-electron chi connectivity index (χ2n) is 3.44. The Kier molecular flexibility index (Phi) is 2.64. The lowest BCUT2D eigenvalue weighted by Crippen LogP contribution is -2.20. The second kappa shape index (κ2) is 3.80. The summed E-state index contributed by atoms with van der Waals surface area (Å²) in [5, 5.41) is 2.73. The minimum Gasteiger partial charge on any atom is -0.370 e. The molecule has 0 spiro atoms. The van der Waals surface area contributed by atoms with E-state index in [0.717, 1.165) is 14.8 Å². The molecule has 0 aliphatic carbocycles. The van der Waals surface area contributed by atoms with Gasteiger partial charge < -0.3 is 11.1 Å². The summed E-state index contributed by atoms with van der Waals surface area (Å²) in [4.78, 5) is 22.4. The summed E-state index contributed by atoms with van der Waals surface area (Å²) in [5.74, 6) is -1.03. The Morgan fingerprint density at radius 1 is 1.53 bits per heavy atom. The molecule has 0 saturated heterocycles. The monoisotopic (exact) mass is 316 g/mol. The third kappa shape index (κ3) is 1.97. The van der Waals surface area contributed by atoms with Crippen LogP contribution in [0.3, 0.4) is 0 Å². The van der Waals surface area contributed by atoms with Crippen molar-refractivity contribution in [3.8, 4) is 0 Å². The second-order valence-corrected chi connectivity index (χ2v) is 4.69. The van der Waals surface area contributed by atoms with Crippen LogP contribution in [-0.2, 0) is 9.59 Å². The molecule has 0 fully saturated rings. The molecule has 0 aromatic heterocycles. The van der Waals surface area contributed by atoms with Crippen LogP contribution in [0.25, 0.3) is 0 Å². The number of nitrogens with two attached hydrogens (primary N) is 1. The smallest absolute Gasteiger partial charge is 0.232 e. The maximum Gasteiger partial charge on any atom is 0.232 e. The van der Waals surface area contributed by atoms with Gasteiger partial charge in [0.15, 0.2) is 0 Å². The first kappa shape index (κ1) is 10.4. The highest BCUT2D eigenvalue weighted by Crippen LogP contribution is 2.35. The summed E-state index contributed by atoms with van der Waals surface area (Å²) in [5.41, 5.74) is 6.76. The van der Waals surface area contributed by atoms with Crippen molar-refractivity contribution in [2.75, 3.05) is 5.32 Å². The van der Waals surface area contributed by atoms with E-state index in [9.17, 15) is 9.59 Å². The van der Waals surface area contributed by atoms with Gasteiger partial charge in [0.25, 0.3) is 0 Å². The Hall–Kier alpha value is -1.11. The van der Waals surface area contributed by atoms with Gasteiger partial charge in [-0.2, -0.15) is 0 Å². The van der Waals surface area contributed by atoms with Crippen molar-refractivity contribution in [3.05, 3.63) is 27.3 Å². The van der Waals surface area contributed by atoms with Gasteiger partial charge in [0, 0.05) is 15.7 Å². The van der Waals surface area contributed by atoms with Crippen LogP contribution in [0, 0.1) is 3.57 Å². The van der Waals surface area contributed by atoms with Crippen molar-refractivity contribution < 1.29 is 9.59 Å². The van der Waals surface area contributed by atoms with E-state index in [-0.39, 0.29) is 12.3 Å². The number of carbonyl (C=O) groups is 2. The minimum absolute atomic E-state index is 0.0684. The number of amides is 2. The molecule has 1 heterocycles. The Morgan fingerprint density at radius 3 is 2.93 bits per heavy atom. The number of hydrogen-bond donors (Lipinski definition) is 2. The molecule has 5 heteroatoms. The molecule has 1 atom stereocenters. The number of rotatable bonds is 2. The largest absolute Gasteiger partial charge is 0.370 e. The van der Waals surface area contributed by atoms with Gasteiger partial charge in [0.1, 0.15) is 0 Å². The van der Waals surface area contributed by atoms with Crippen LogP contribution in [0.1, 0.15) is 17.9 Å². The first-order chi connectivity index (χ1) is 7.08. The van der Waals surface area contributed by atoms with Crippen molar-refractivity contribution in [3.63, 3.8) is 0 Å². The highest BCUT2D eigenvalue weighted by molar-refractivity contribution is 14.1. The fraction of sp³-hybridized carbons (Fsp3) is 0.200. The molecule has 4 nitrogen and oxygen atoms in total. The fourth-order valence-corrected chi connectivity index (χ4v) is 2.22. The molecule has 78 valence electrons. The zero-order chi connectivity index (χ0) is 11.0. The molecule has 1 aliphatic heterocycles. The molecule has 2 amide bonds. The van der Waals surface area contributed by atoms with Crippen LogP contribution < -0.4 is 11.1 Å². The summed E-state index contributed by atoms with van der Waals surface area (Å²) in [6, 6.07) is 5.66. The standard InChI is InChI=1S/C10H9IN2O2/c11-5-1-2-8-6(3-5)7(4-9(12)14)10(15)13-8/h1-3,7H,4H2,(H2,12,14)(H,13,15). The molecule has 1 unspecified atom stereocenters. The third-order valence-corrected chi connectivity index (χ3v) is 3.04. The van der Waals surface area contributed by atoms with Crippen molar-refractivity contribution >= 4 is 40.1 Å². The van der Waals surface area contributed by atoms with Gasteiger partial charge in [-0.15, -0.1) is 0 Å². The van der Waals surface area contributed by atoms with Gasteiger partial charge >= 0.3 is 0 Å². The van der Waals surface area contributed by atoms with Gasteiger partial charge in [-0.3, -0.25) is 9.59 Å². The molecule has 15 heavy (non-hydrogen) atoms. The number of carbonyl (C=O) groups excluding carboxylic acids is 2. The number of halogens is 1. The zero-order valence-corrected chi connectivity index (χ0v) is 9.95. The van der Waals surface area contributed by atoms with E-state index in [1.54, 1.807) is 0 Å². The Bertz CT molecular complexity index is 445. The molecule has 0 bridgehead atoms. The predicted molar refractivity (Wildman–Crippen MR) is 64.3 cm³/mol. The molecular weight excluding hydrogens is 307 g/mol. The topological polar surface area (TPSA) is 72.2 Å². The molecule has 0 radical (unpaired) electrons. The quantitative estimate of drug-likeness (QED) is 0.805. The Morgan fingerprint density at radius 2 is 2.27 bits per heavy atom. The van der Waals surface area contributed by atoms with Crippen LogP contribution in [0.4, 0.5) is 5.69 Å². The maximum absolute atomic E-state index is 11.6. The lowest BCUT2D eigenvalue weighted by molar-refractivity contribution is -0.123. The number of anilines is 1. The lowest BCUT2D eigenvalue weighted by Gasteiger charge is -2.05. The zero-order valence-electron chi connectivity index (χ0n) is 7.79. The van der Waals surface area contributed by atoms with E-state index in [1.165, 1.54) is 0 Å². The number of fused-ring (bicyclic) bond motifs is 1. The van der Waals surface area contributed by atoms with Crippen LogP contribution in [0.5, 0.6) is 0 Å². The summed E-state index contributed by atoms with van der Waals surface area (Å²) >= 11 is 2.17. The van der Waals surface area contributed by atoms with E-state index in [4.69, 9.17) is 5.73 Å². The highest BCUT2D eigenvalue weighted by atomic mass is 127.